The molecule has 0 saturated heterocycles. The molecule has 1 atom stereocenters. The number of anilines is 1. The highest BCUT2D eigenvalue weighted by Gasteiger charge is 2.33. The molecule has 4 rings (SSSR count). The van der Waals surface area contributed by atoms with Crippen LogP contribution in [0, 0.1) is 6.92 Å². The van der Waals surface area contributed by atoms with Gasteiger partial charge in [-0.25, -0.2) is 8.42 Å². The maximum atomic E-state index is 14.1. The molecule has 41 heavy (non-hydrogen) atoms. The van der Waals surface area contributed by atoms with Crippen LogP contribution in [-0.2, 0) is 26.2 Å². The number of amides is 2. The molecule has 0 aromatic heterocycles. The normalized spacial score (nSPS) is 14.7. The minimum absolute atomic E-state index is 0.0498. The zero-order valence-electron chi connectivity index (χ0n) is 23.2. The molecule has 1 N–H and O–H groups in total. The smallest absolute Gasteiger partial charge is 0.264 e. The molecule has 0 bridgehead atoms. The molecule has 1 aliphatic carbocycles. The zero-order valence-corrected chi connectivity index (χ0v) is 26.4. The first-order valence-corrected chi connectivity index (χ1v) is 16.4. The summed E-state index contributed by atoms with van der Waals surface area (Å²) >= 11 is 9.76. The van der Waals surface area contributed by atoms with Crippen molar-refractivity contribution in [3.05, 3.63) is 93.4 Å². The summed E-state index contributed by atoms with van der Waals surface area (Å²) in [6.45, 7) is 3.08. The van der Waals surface area contributed by atoms with Gasteiger partial charge in [0.25, 0.3) is 10.0 Å². The number of sulfonamides is 1. The topological polar surface area (TPSA) is 86.8 Å². The van der Waals surface area contributed by atoms with Crippen molar-refractivity contribution in [2.45, 2.75) is 69.5 Å². The Morgan fingerprint density at radius 1 is 1.00 bits per heavy atom. The molecule has 3 aromatic rings. The van der Waals surface area contributed by atoms with E-state index in [2.05, 4.69) is 21.2 Å². The molecule has 0 aliphatic heterocycles. The van der Waals surface area contributed by atoms with E-state index in [0.29, 0.717) is 16.3 Å². The van der Waals surface area contributed by atoms with Gasteiger partial charge in [-0.05, 0) is 74.2 Å². The number of carbonyl (C=O) groups is 2. The van der Waals surface area contributed by atoms with Crippen molar-refractivity contribution in [1.82, 2.24) is 10.2 Å². The van der Waals surface area contributed by atoms with E-state index in [9.17, 15) is 18.0 Å². The van der Waals surface area contributed by atoms with Gasteiger partial charge in [0, 0.05) is 22.1 Å². The highest BCUT2D eigenvalue weighted by Crippen LogP contribution is 2.30. The van der Waals surface area contributed by atoms with Gasteiger partial charge in [-0.1, -0.05) is 83.2 Å². The first-order valence-electron chi connectivity index (χ1n) is 13.7. The maximum absolute atomic E-state index is 14.1. The molecule has 10 heteroatoms. The molecule has 0 radical (unpaired) electrons. The van der Waals surface area contributed by atoms with Crippen LogP contribution in [0.3, 0.4) is 0 Å². The lowest BCUT2D eigenvalue weighted by molar-refractivity contribution is -0.139. The number of hydrogen-bond acceptors (Lipinski definition) is 4. The number of hydrogen-bond donors (Lipinski definition) is 1. The predicted octanol–water partition coefficient (Wildman–Crippen LogP) is 6.47. The Kier molecular flexibility index (Phi) is 10.5. The van der Waals surface area contributed by atoms with Crippen LogP contribution in [0.1, 0.15) is 50.2 Å². The number of benzene rings is 3. The van der Waals surface area contributed by atoms with Gasteiger partial charge in [0.1, 0.15) is 12.6 Å². The molecule has 0 heterocycles. The van der Waals surface area contributed by atoms with Crippen LogP contribution in [-0.4, -0.2) is 43.8 Å². The SMILES string of the molecule is Cc1ccc(Cl)cc1N(CC(=O)N(Cc1cccc(Br)c1)[C@@H](C)C(=O)NC1CCCCC1)S(=O)(=O)c1ccccc1. The van der Waals surface area contributed by atoms with Crippen molar-refractivity contribution in [3.63, 3.8) is 0 Å². The lowest BCUT2D eigenvalue weighted by atomic mass is 9.95. The van der Waals surface area contributed by atoms with Crippen LogP contribution in [0.2, 0.25) is 5.02 Å². The van der Waals surface area contributed by atoms with Crippen molar-refractivity contribution < 1.29 is 18.0 Å². The van der Waals surface area contributed by atoms with E-state index in [-0.39, 0.29) is 23.4 Å². The van der Waals surface area contributed by atoms with Gasteiger partial charge in [-0.2, -0.15) is 0 Å². The van der Waals surface area contributed by atoms with Gasteiger partial charge in [-0.3, -0.25) is 13.9 Å². The van der Waals surface area contributed by atoms with Crippen LogP contribution < -0.4 is 9.62 Å². The minimum Gasteiger partial charge on any atom is -0.352 e. The van der Waals surface area contributed by atoms with Gasteiger partial charge in [0.2, 0.25) is 11.8 Å². The standard InChI is InChI=1S/C31H35BrClN3O4S/c1-22-16-17-26(33)19-29(22)36(41(39,40)28-14-7-4-8-15-28)21-30(37)35(20-24-10-9-11-25(32)18-24)23(2)31(38)34-27-12-5-3-6-13-27/h4,7-11,14-19,23,27H,3,5-6,12-13,20-21H2,1-2H3,(H,34,38)/t23-/m0/s1. The molecule has 1 saturated carbocycles. The van der Waals surface area contributed by atoms with Gasteiger partial charge in [0.05, 0.1) is 10.6 Å². The summed E-state index contributed by atoms with van der Waals surface area (Å²) in [5.74, 6) is -0.758. The van der Waals surface area contributed by atoms with Crippen LogP contribution in [0.25, 0.3) is 0 Å². The fraction of sp³-hybridized carbons (Fsp3) is 0.355. The molecule has 1 aliphatic rings. The molecule has 1 fully saturated rings. The number of nitrogens with one attached hydrogen (secondary N) is 1. The molecule has 0 spiro atoms. The first-order chi connectivity index (χ1) is 19.6. The van der Waals surface area contributed by atoms with Crippen molar-refractivity contribution in [2.75, 3.05) is 10.8 Å². The fourth-order valence-electron chi connectivity index (χ4n) is 5.07. The van der Waals surface area contributed by atoms with Gasteiger partial charge >= 0.3 is 0 Å². The van der Waals surface area contributed by atoms with Crippen LogP contribution in [0.15, 0.2) is 82.2 Å². The summed E-state index contributed by atoms with van der Waals surface area (Å²) in [4.78, 5) is 29.0. The molecular weight excluding hydrogens is 626 g/mol. The van der Waals surface area contributed by atoms with Crippen molar-refractivity contribution >= 4 is 55.1 Å². The number of nitrogens with zero attached hydrogens (tertiary/aromatic N) is 2. The second-order valence-electron chi connectivity index (χ2n) is 10.4. The summed E-state index contributed by atoms with van der Waals surface area (Å²) in [6.07, 6.45) is 5.10. The Hall–Kier alpha value is -2.88. The zero-order chi connectivity index (χ0) is 29.6. The molecule has 218 valence electrons. The highest BCUT2D eigenvalue weighted by atomic mass is 79.9. The fourth-order valence-corrected chi connectivity index (χ4v) is 7.17. The Morgan fingerprint density at radius 3 is 2.39 bits per heavy atom. The minimum atomic E-state index is -4.15. The lowest BCUT2D eigenvalue weighted by Gasteiger charge is -2.33. The van der Waals surface area contributed by atoms with Crippen molar-refractivity contribution in [3.8, 4) is 0 Å². The second kappa shape index (κ2) is 13.9. The predicted molar refractivity (Wildman–Crippen MR) is 166 cm³/mol. The van der Waals surface area contributed by atoms with Gasteiger partial charge < -0.3 is 10.2 Å². The molecule has 3 aromatic carbocycles. The van der Waals surface area contributed by atoms with E-state index in [0.717, 1.165) is 46.4 Å². The molecule has 0 unspecified atom stereocenters. The summed E-state index contributed by atoms with van der Waals surface area (Å²) < 4.78 is 29.8. The van der Waals surface area contributed by atoms with E-state index >= 15 is 0 Å². The summed E-state index contributed by atoms with van der Waals surface area (Å²) in [7, 11) is -4.15. The highest BCUT2D eigenvalue weighted by molar-refractivity contribution is 9.10. The quantitative estimate of drug-likeness (QED) is 0.270. The monoisotopic (exact) mass is 659 g/mol. The third-order valence-electron chi connectivity index (χ3n) is 7.41. The largest absolute Gasteiger partial charge is 0.352 e. The Bertz CT molecular complexity index is 1480. The van der Waals surface area contributed by atoms with E-state index in [1.165, 1.54) is 17.0 Å². The van der Waals surface area contributed by atoms with Crippen LogP contribution >= 0.6 is 27.5 Å². The average molecular weight is 661 g/mol. The van der Waals surface area contributed by atoms with Gasteiger partial charge in [0.15, 0.2) is 0 Å². The van der Waals surface area contributed by atoms with Crippen molar-refractivity contribution in [1.29, 1.82) is 0 Å². The molecule has 2 amide bonds. The third kappa shape index (κ3) is 7.90. The number of halogens is 2. The number of rotatable bonds is 10. The first kappa shape index (κ1) is 31.1. The second-order valence-corrected chi connectivity index (χ2v) is 13.6. The summed E-state index contributed by atoms with van der Waals surface area (Å²) in [6, 6.07) is 19.7. The number of aryl methyl sites for hydroxylation is 1. The van der Waals surface area contributed by atoms with E-state index in [1.807, 2.05) is 24.3 Å². The Labute approximate surface area is 256 Å². The van der Waals surface area contributed by atoms with E-state index in [4.69, 9.17) is 11.6 Å². The van der Waals surface area contributed by atoms with Crippen LogP contribution in [0.5, 0.6) is 0 Å². The van der Waals surface area contributed by atoms with Crippen molar-refractivity contribution in [2.24, 2.45) is 0 Å². The molecule has 7 nitrogen and oxygen atoms in total. The number of carbonyl (C=O) groups excluding carboxylic acids is 2. The van der Waals surface area contributed by atoms with Crippen LogP contribution in [0.4, 0.5) is 5.69 Å². The van der Waals surface area contributed by atoms with Gasteiger partial charge in [-0.15, -0.1) is 0 Å². The van der Waals surface area contributed by atoms with E-state index in [1.54, 1.807) is 50.2 Å². The average Bonchev–Trinajstić information content (AvgIpc) is 2.96. The Balaban J connectivity index is 1.70. The summed E-state index contributed by atoms with van der Waals surface area (Å²) in [5.41, 5.74) is 1.75. The van der Waals surface area contributed by atoms with E-state index < -0.39 is 28.5 Å². The third-order valence-corrected chi connectivity index (χ3v) is 9.91. The summed E-state index contributed by atoms with van der Waals surface area (Å²) in [5, 5.41) is 3.46. The Morgan fingerprint density at radius 2 is 1.71 bits per heavy atom. The maximum Gasteiger partial charge on any atom is 0.264 e. The molecular formula is C31H35BrClN3O4S. The lowest BCUT2D eigenvalue weighted by Crippen LogP contribution is -2.53.